The van der Waals surface area contributed by atoms with Crippen LogP contribution in [0.4, 0.5) is 4.39 Å². The van der Waals surface area contributed by atoms with E-state index in [1.54, 1.807) is 12.1 Å². The Morgan fingerprint density at radius 2 is 1.62 bits per heavy atom. The van der Waals surface area contributed by atoms with E-state index in [2.05, 4.69) is 37.9 Å². The van der Waals surface area contributed by atoms with Gasteiger partial charge in [0.05, 0.1) is 0 Å². The molecule has 21 heavy (non-hydrogen) atoms. The van der Waals surface area contributed by atoms with E-state index in [-0.39, 0.29) is 5.82 Å². The number of hydrogen-bond donors (Lipinski definition) is 1. The van der Waals surface area contributed by atoms with E-state index < -0.39 is 0 Å². The smallest absolute Gasteiger partial charge is 0.123 e. The van der Waals surface area contributed by atoms with E-state index in [4.69, 9.17) is 0 Å². The molecular formula is C18H29FN2. The minimum atomic E-state index is -0.161. The number of piperidine rings is 1. The van der Waals surface area contributed by atoms with Gasteiger partial charge in [0.1, 0.15) is 5.82 Å². The van der Waals surface area contributed by atoms with Crippen molar-refractivity contribution in [1.29, 1.82) is 0 Å². The molecule has 3 heteroatoms. The van der Waals surface area contributed by atoms with Gasteiger partial charge in [0.15, 0.2) is 0 Å². The molecular weight excluding hydrogens is 263 g/mol. The highest BCUT2D eigenvalue weighted by Crippen LogP contribution is 2.25. The summed E-state index contributed by atoms with van der Waals surface area (Å²) in [7, 11) is 0. The molecule has 2 nitrogen and oxygen atoms in total. The summed E-state index contributed by atoms with van der Waals surface area (Å²) in [6.45, 7) is 11.3. The second-order valence-electron chi connectivity index (χ2n) is 6.84. The van der Waals surface area contributed by atoms with Gasteiger partial charge in [-0.2, -0.15) is 0 Å². The zero-order chi connectivity index (χ0) is 15.4. The molecule has 0 amide bonds. The van der Waals surface area contributed by atoms with Gasteiger partial charge in [-0.1, -0.05) is 26.0 Å². The van der Waals surface area contributed by atoms with Crippen LogP contribution in [0.25, 0.3) is 0 Å². The maximum Gasteiger partial charge on any atom is 0.123 e. The van der Waals surface area contributed by atoms with Crippen molar-refractivity contribution in [3.8, 4) is 0 Å². The first-order valence-corrected chi connectivity index (χ1v) is 8.23. The summed E-state index contributed by atoms with van der Waals surface area (Å²) in [6.07, 6.45) is 2.39. The highest BCUT2D eigenvalue weighted by atomic mass is 19.1. The number of hydrogen-bond acceptors (Lipinski definition) is 2. The van der Waals surface area contributed by atoms with Gasteiger partial charge in [0.25, 0.3) is 0 Å². The lowest BCUT2D eigenvalue weighted by Crippen LogP contribution is -2.46. The monoisotopic (exact) mass is 292 g/mol. The number of likely N-dealkylation sites (tertiary alicyclic amines) is 1. The van der Waals surface area contributed by atoms with Crippen LogP contribution >= 0.6 is 0 Å². The largest absolute Gasteiger partial charge is 0.307 e. The van der Waals surface area contributed by atoms with Crippen LogP contribution in [0, 0.1) is 11.7 Å². The summed E-state index contributed by atoms with van der Waals surface area (Å²) in [5.41, 5.74) is 1.19. The second-order valence-corrected chi connectivity index (χ2v) is 6.84. The van der Waals surface area contributed by atoms with E-state index in [0.29, 0.717) is 24.0 Å². The molecule has 0 saturated carbocycles. The summed E-state index contributed by atoms with van der Waals surface area (Å²) < 4.78 is 13.1. The number of nitrogens with one attached hydrogen (secondary N) is 1. The number of rotatable bonds is 5. The van der Waals surface area contributed by atoms with Crippen molar-refractivity contribution in [3.63, 3.8) is 0 Å². The van der Waals surface area contributed by atoms with Crippen LogP contribution in [0.5, 0.6) is 0 Å². The molecule has 0 aromatic heterocycles. The Balaban J connectivity index is 1.96. The Kier molecular flexibility index (Phi) is 5.77. The van der Waals surface area contributed by atoms with E-state index in [1.165, 1.54) is 31.5 Å². The Morgan fingerprint density at radius 3 is 2.10 bits per heavy atom. The molecule has 118 valence electrons. The number of halogens is 1. The number of nitrogens with zero attached hydrogens (tertiary/aromatic N) is 1. The van der Waals surface area contributed by atoms with Gasteiger partial charge < -0.3 is 10.2 Å². The Hall–Kier alpha value is -0.930. The maximum absolute atomic E-state index is 13.1. The first-order chi connectivity index (χ1) is 9.97. The maximum atomic E-state index is 13.1. The molecule has 1 saturated heterocycles. The standard InChI is InChI=1S/C18H29FN2/c1-13(2)18(15-5-7-16(19)8-6-15)20-17-9-11-21(12-10-17)14(3)4/h5-8,13-14,17-18,20H,9-12H2,1-4H3. The predicted molar refractivity (Wildman–Crippen MR) is 86.8 cm³/mol. The third-order valence-electron chi connectivity index (χ3n) is 4.57. The lowest BCUT2D eigenvalue weighted by atomic mass is 9.93. The lowest BCUT2D eigenvalue weighted by Gasteiger charge is -2.37. The van der Waals surface area contributed by atoms with E-state index in [0.717, 1.165) is 0 Å². The summed E-state index contributed by atoms with van der Waals surface area (Å²) in [4.78, 5) is 2.54. The van der Waals surface area contributed by atoms with Crippen molar-refractivity contribution in [2.45, 2.75) is 58.7 Å². The Labute approximate surface area is 128 Å². The molecule has 1 aromatic rings. The van der Waals surface area contributed by atoms with Crippen LogP contribution in [-0.2, 0) is 0 Å². The van der Waals surface area contributed by atoms with Crippen molar-refractivity contribution in [1.82, 2.24) is 10.2 Å². The fourth-order valence-corrected chi connectivity index (χ4v) is 3.18. The van der Waals surface area contributed by atoms with E-state index >= 15 is 0 Å². The zero-order valence-corrected chi connectivity index (χ0v) is 13.8. The minimum Gasteiger partial charge on any atom is -0.307 e. The zero-order valence-electron chi connectivity index (χ0n) is 13.8. The van der Waals surface area contributed by atoms with Crippen LogP contribution in [0.3, 0.4) is 0 Å². The van der Waals surface area contributed by atoms with Crippen molar-refractivity contribution in [2.75, 3.05) is 13.1 Å². The lowest BCUT2D eigenvalue weighted by molar-refractivity contribution is 0.152. The highest BCUT2D eigenvalue weighted by molar-refractivity contribution is 5.20. The molecule has 2 rings (SSSR count). The number of benzene rings is 1. The third-order valence-corrected chi connectivity index (χ3v) is 4.57. The molecule has 1 heterocycles. The molecule has 0 radical (unpaired) electrons. The van der Waals surface area contributed by atoms with Gasteiger partial charge >= 0.3 is 0 Å². The van der Waals surface area contributed by atoms with Crippen LogP contribution in [0.2, 0.25) is 0 Å². The Bertz CT molecular complexity index is 419. The van der Waals surface area contributed by atoms with Gasteiger partial charge in [-0.15, -0.1) is 0 Å². The molecule has 1 fully saturated rings. The average Bonchev–Trinajstić information content (AvgIpc) is 2.46. The van der Waals surface area contributed by atoms with Gasteiger partial charge in [-0.05, 0) is 63.4 Å². The van der Waals surface area contributed by atoms with Crippen molar-refractivity contribution < 1.29 is 4.39 Å². The first kappa shape index (κ1) is 16.4. The second kappa shape index (κ2) is 7.37. The molecule has 0 spiro atoms. The van der Waals surface area contributed by atoms with E-state index in [9.17, 15) is 4.39 Å². The molecule has 0 bridgehead atoms. The van der Waals surface area contributed by atoms with E-state index in [1.807, 2.05) is 12.1 Å². The summed E-state index contributed by atoms with van der Waals surface area (Å²) in [5, 5.41) is 3.80. The molecule has 1 aliphatic heterocycles. The predicted octanol–water partition coefficient (Wildman–Crippen LogP) is 3.99. The molecule has 1 aromatic carbocycles. The highest BCUT2D eigenvalue weighted by Gasteiger charge is 2.24. The fraction of sp³-hybridized carbons (Fsp3) is 0.667. The molecule has 0 aliphatic carbocycles. The molecule has 1 unspecified atom stereocenters. The molecule has 1 N–H and O–H groups in total. The third kappa shape index (κ3) is 4.52. The SMILES string of the molecule is CC(C)C(NC1CCN(C(C)C)CC1)c1ccc(F)cc1. The van der Waals surface area contributed by atoms with Crippen molar-refractivity contribution in [3.05, 3.63) is 35.6 Å². The van der Waals surface area contributed by atoms with Crippen LogP contribution in [0.1, 0.15) is 52.1 Å². The molecule has 1 atom stereocenters. The summed E-state index contributed by atoms with van der Waals surface area (Å²) >= 11 is 0. The van der Waals surface area contributed by atoms with Crippen LogP contribution in [-0.4, -0.2) is 30.1 Å². The summed E-state index contributed by atoms with van der Waals surface area (Å²) in [5.74, 6) is 0.338. The van der Waals surface area contributed by atoms with Crippen molar-refractivity contribution in [2.24, 2.45) is 5.92 Å². The van der Waals surface area contributed by atoms with Gasteiger partial charge in [0.2, 0.25) is 0 Å². The van der Waals surface area contributed by atoms with Crippen LogP contribution < -0.4 is 5.32 Å². The molecule has 1 aliphatic rings. The van der Waals surface area contributed by atoms with Crippen molar-refractivity contribution >= 4 is 0 Å². The topological polar surface area (TPSA) is 15.3 Å². The fourth-order valence-electron chi connectivity index (χ4n) is 3.18. The average molecular weight is 292 g/mol. The van der Waals surface area contributed by atoms with Crippen LogP contribution in [0.15, 0.2) is 24.3 Å². The van der Waals surface area contributed by atoms with Gasteiger partial charge in [-0.3, -0.25) is 0 Å². The van der Waals surface area contributed by atoms with Gasteiger partial charge in [0, 0.05) is 18.1 Å². The van der Waals surface area contributed by atoms with Gasteiger partial charge in [-0.25, -0.2) is 4.39 Å². The normalized spacial score (nSPS) is 19.4. The quantitative estimate of drug-likeness (QED) is 0.883. The minimum absolute atomic E-state index is 0.161. The first-order valence-electron chi connectivity index (χ1n) is 8.23. The summed E-state index contributed by atoms with van der Waals surface area (Å²) in [6, 6.07) is 8.47. The Morgan fingerprint density at radius 1 is 1.05 bits per heavy atom.